The third kappa shape index (κ3) is 1.80. The minimum absolute atomic E-state index is 0.122. The van der Waals surface area contributed by atoms with E-state index < -0.39 is 29.4 Å². The molecule has 10 heavy (non-hydrogen) atoms. The van der Waals surface area contributed by atoms with Crippen molar-refractivity contribution in [1.82, 2.24) is 0 Å². The summed E-state index contributed by atoms with van der Waals surface area (Å²) >= 11 is -1.46. The number of rotatable bonds is 2. The summed E-state index contributed by atoms with van der Waals surface area (Å²) in [5.41, 5.74) is 0. The van der Waals surface area contributed by atoms with Gasteiger partial charge in [-0.15, -0.1) is 0 Å². The van der Waals surface area contributed by atoms with E-state index in [0.717, 1.165) is 0 Å². The zero-order valence-corrected chi connectivity index (χ0v) is 11.6. The molecule has 1 saturated heterocycles. The predicted octanol–water partition coefficient (Wildman–Crippen LogP) is 0.687. The fourth-order valence-electron chi connectivity index (χ4n) is 0.968. The monoisotopic (exact) mass is 353 g/mol. The Morgan fingerprint density at radius 3 is 2.80 bits per heavy atom. The van der Waals surface area contributed by atoms with Crippen molar-refractivity contribution in [3.63, 3.8) is 0 Å². The van der Waals surface area contributed by atoms with Gasteiger partial charge in [0.15, 0.2) is 0 Å². The molecule has 0 aromatic rings. The third-order valence-corrected chi connectivity index (χ3v) is 9.68. The van der Waals surface area contributed by atoms with Crippen LogP contribution in [-0.4, -0.2) is 24.2 Å². The van der Waals surface area contributed by atoms with Crippen LogP contribution >= 0.6 is 8.25 Å². The minimum atomic E-state index is -1.46. The van der Waals surface area contributed by atoms with Gasteiger partial charge >= 0.3 is 74.0 Å². The number of hydrogen-bond donors (Lipinski definition) is 0. The second kappa shape index (κ2) is 3.83. The van der Waals surface area contributed by atoms with Gasteiger partial charge in [-0.2, -0.15) is 0 Å². The Bertz CT molecular complexity index is 144. The molecule has 2 unspecified atom stereocenters. The average Bonchev–Trinajstić information content (AvgIpc) is 2.33. The van der Waals surface area contributed by atoms with Crippen LogP contribution in [0.1, 0.15) is 0 Å². The van der Waals surface area contributed by atoms with Crippen LogP contribution in [0.25, 0.3) is 0 Å². The Kier molecular flexibility index (Phi) is 3.32. The van der Waals surface area contributed by atoms with Crippen molar-refractivity contribution in [3.05, 3.63) is 10.1 Å². The standard InChI is InChI=1S/C4H6NO3.ClH.Hg/c6-5(7)4-1-2-8-3-4;;/h1,4H,2-3H2;1H;/q;;+1/p-1. The van der Waals surface area contributed by atoms with Crippen molar-refractivity contribution >= 4 is 8.25 Å². The fourth-order valence-corrected chi connectivity index (χ4v) is 6.55. The molecule has 0 aromatic heterocycles. The molecule has 0 bridgehead atoms. The average molecular weight is 352 g/mol. The van der Waals surface area contributed by atoms with E-state index in [9.17, 15) is 10.1 Å². The van der Waals surface area contributed by atoms with Crippen molar-refractivity contribution in [2.45, 2.75) is 9.47 Å². The Morgan fingerprint density at radius 2 is 2.40 bits per heavy atom. The van der Waals surface area contributed by atoms with Crippen LogP contribution in [0.2, 0.25) is 3.43 Å². The topological polar surface area (TPSA) is 52.4 Å². The van der Waals surface area contributed by atoms with Gasteiger partial charge in [-0.05, 0) is 0 Å². The number of nitrogens with zero attached hydrogens (tertiary/aromatic N) is 1. The van der Waals surface area contributed by atoms with Crippen LogP contribution in [-0.2, 0) is 28.1 Å². The Balaban J connectivity index is 2.50. The molecule has 1 rings (SSSR count). The second-order valence-electron chi connectivity index (χ2n) is 2.30. The number of ether oxygens (including phenoxy) is 1. The van der Waals surface area contributed by atoms with E-state index in [-0.39, 0.29) is 15.0 Å². The van der Waals surface area contributed by atoms with E-state index >= 15 is 0 Å². The van der Waals surface area contributed by atoms with Crippen molar-refractivity contribution in [2.75, 3.05) is 13.2 Å². The molecular weight excluding hydrogens is 346 g/mol. The van der Waals surface area contributed by atoms with E-state index in [0.29, 0.717) is 6.61 Å². The van der Waals surface area contributed by atoms with Gasteiger partial charge in [-0.3, -0.25) is 0 Å². The molecule has 2 atom stereocenters. The first-order chi connectivity index (χ1) is 4.75. The number of nitro groups is 1. The van der Waals surface area contributed by atoms with Gasteiger partial charge < -0.3 is 0 Å². The molecule has 1 fully saturated rings. The second-order valence-corrected chi connectivity index (χ2v) is 10.3. The fraction of sp³-hybridized carbons (Fsp3) is 1.00. The molecular formula is C4H6ClHgNO3. The van der Waals surface area contributed by atoms with Gasteiger partial charge in [-0.1, -0.05) is 0 Å². The summed E-state index contributed by atoms with van der Waals surface area (Å²) in [4.78, 5) is 10.0. The Hall–Kier alpha value is 0.585. The van der Waals surface area contributed by atoms with E-state index in [1.807, 2.05) is 0 Å². The van der Waals surface area contributed by atoms with Crippen molar-refractivity contribution in [2.24, 2.45) is 0 Å². The zero-order chi connectivity index (χ0) is 7.56. The van der Waals surface area contributed by atoms with Crippen LogP contribution in [0.5, 0.6) is 0 Å². The third-order valence-electron chi connectivity index (χ3n) is 1.63. The first kappa shape index (κ1) is 8.68. The van der Waals surface area contributed by atoms with Crippen LogP contribution in [0.3, 0.4) is 0 Å². The molecule has 1 aliphatic heterocycles. The first-order valence-corrected chi connectivity index (χ1v) is 13.0. The summed E-state index contributed by atoms with van der Waals surface area (Å²) in [5.74, 6) is 0. The van der Waals surface area contributed by atoms with Crippen LogP contribution in [0.15, 0.2) is 0 Å². The molecule has 6 heteroatoms. The summed E-state index contributed by atoms with van der Waals surface area (Å²) < 4.78 is 5.07. The molecule has 0 aliphatic carbocycles. The van der Waals surface area contributed by atoms with Crippen LogP contribution in [0.4, 0.5) is 0 Å². The summed E-state index contributed by atoms with van der Waals surface area (Å²) in [6, 6.07) is -0.487. The van der Waals surface area contributed by atoms with E-state index in [4.69, 9.17) is 13.0 Å². The SMILES string of the molecule is O=[N+]([O-])C1COC[CH]1[Hg][Cl]. The van der Waals surface area contributed by atoms with Gasteiger partial charge in [0.25, 0.3) is 0 Å². The Labute approximate surface area is 73.9 Å². The first-order valence-electron chi connectivity index (χ1n) is 3.03. The number of hydrogen-bond acceptors (Lipinski definition) is 3. The van der Waals surface area contributed by atoms with Crippen molar-refractivity contribution in [3.8, 4) is 0 Å². The van der Waals surface area contributed by atoms with Gasteiger partial charge in [0.1, 0.15) is 0 Å². The van der Waals surface area contributed by atoms with Gasteiger partial charge in [-0.25, -0.2) is 0 Å². The van der Waals surface area contributed by atoms with Gasteiger partial charge in [0, 0.05) is 0 Å². The number of halogens is 1. The van der Waals surface area contributed by atoms with Crippen LogP contribution in [0, 0.1) is 10.1 Å². The molecule has 1 heterocycles. The molecule has 54 valence electrons. The van der Waals surface area contributed by atoms with Gasteiger partial charge in [0.05, 0.1) is 0 Å². The molecule has 0 saturated carbocycles. The van der Waals surface area contributed by atoms with Crippen molar-refractivity contribution < 1.29 is 33.0 Å². The molecule has 0 N–H and O–H groups in total. The summed E-state index contributed by atoms with van der Waals surface area (Å²) in [5, 5.41) is 10.3. The van der Waals surface area contributed by atoms with Crippen molar-refractivity contribution in [1.29, 1.82) is 0 Å². The quantitative estimate of drug-likeness (QED) is 0.417. The van der Waals surface area contributed by atoms with Gasteiger partial charge in [0.2, 0.25) is 0 Å². The maximum atomic E-state index is 10.3. The summed E-state index contributed by atoms with van der Waals surface area (Å²) in [6.45, 7) is 0.793. The van der Waals surface area contributed by atoms with Crippen LogP contribution < -0.4 is 0 Å². The van der Waals surface area contributed by atoms with E-state index in [2.05, 4.69) is 0 Å². The Morgan fingerprint density at radius 1 is 1.70 bits per heavy atom. The zero-order valence-electron chi connectivity index (χ0n) is 5.33. The molecule has 1 aliphatic rings. The summed E-state index contributed by atoms with van der Waals surface area (Å²) in [7, 11) is 5.68. The molecule has 0 amide bonds. The molecule has 0 spiro atoms. The summed E-state index contributed by atoms with van der Waals surface area (Å²) in [6.07, 6.45) is 0. The van der Waals surface area contributed by atoms with E-state index in [1.54, 1.807) is 0 Å². The molecule has 4 nitrogen and oxygen atoms in total. The predicted molar refractivity (Wildman–Crippen MR) is 31.2 cm³/mol. The van der Waals surface area contributed by atoms with E-state index in [1.165, 1.54) is 0 Å². The molecule has 0 radical (unpaired) electrons. The molecule has 0 aromatic carbocycles. The normalized spacial score (nSPS) is 31.7. The maximum absolute atomic E-state index is 10.3.